The lowest BCUT2D eigenvalue weighted by atomic mass is 10.0. The Morgan fingerprint density at radius 3 is 2.93 bits per heavy atom. The maximum absolute atomic E-state index is 13.0. The molecule has 1 aromatic carbocycles. The van der Waals surface area contributed by atoms with Crippen LogP contribution < -0.4 is 10.1 Å². The molecule has 0 spiro atoms. The zero-order chi connectivity index (χ0) is 19.1. The van der Waals surface area contributed by atoms with Crippen molar-refractivity contribution < 1.29 is 19.1 Å². The highest BCUT2D eigenvalue weighted by Gasteiger charge is 2.31. The zero-order valence-corrected chi connectivity index (χ0v) is 17.2. The Morgan fingerprint density at radius 2 is 2.14 bits per heavy atom. The number of nitrogens with one attached hydrogen (secondary N) is 1. The maximum Gasteiger partial charge on any atom is 0.254 e. The number of carbonyl (C=O) groups is 2. The van der Waals surface area contributed by atoms with Crippen molar-refractivity contribution in [2.24, 2.45) is 0 Å². The van der Waals surface area contributed by atoms with Crippen LogP contribution in [0.15, 0.2) is 24.3 Å². The number of rotatable bonds is 7. The molecule has 2 amide bonds. The van der Waals surface area contributed by atoms with Crippen LogP contribution in [0.25, 0.3) is 0 Å². The van der Waals surface area contributed by atoms with Gasteiger partial charge in [0.15, 0.2) is 0 Å². The summed E-state index contributed by atoms with van der Waals surface area (Å²) in [6.07, 6.45) is 2.68. The molecule has 1 unspecified atom stereocenters. The first-order valence-corrected chi connectivity index (χ1v) is 9.70. The molecule has 2 aliphatic rings. The number of methoxy groups -OCH3 is 1. The molecule has 1 aromatic rings. The quantitative estimate of drug-likeness (QED) is 0.689. The summed E-state index contributed by atoms with van der Waals surface area (Å²) in [7, 11) is 1.67. The van der Waals surface area contributed by atoms with Gasteiger partial charge in [-0.3, -0.25) is 9.59 Å². The lowest BCUT2D eigenvalue weighted by molar-refractivity contribution is -0.135. The molecule has 1 N–H and O–H groups in total. The zero-order valence-electron chi connectivity index (χ0n) is 16.4. The van der Waals surface area contributed by atoms with E-state index in [0.717, 1.165) is 38.9 Å². The highest BCUT2D eigenvalue weighted by atomic mass is 35.5. The first-order chi connectivity index (χ1) is 13.2. The Bertz CT molecular complexity index is 658. The summed E-state index contributed by atoms with van der Waals surface area (Å²) in [6, 6.07) is 7.45. The average molecular weight is 412 g/mol. The van der Waals surface area contributed by atoms with Crippen LogP contribution in [-0.4, -0.2) is 80.7 Å². The largest absolute Gasteiger partial charge is 0.493 e. The number of halogens is 1. The average Bonchev–Trinajstić information content (AvgIpc) is 2.71. The molecule has 2 heterocycles. The number of nitrogens with zero attached hydrogens (tertiary/aromatic N) is 2. The van der Waals surface area contributed by atoms with Crippen LogP contribution in [0.5, 0.6) is 5.75 Å². The van der Waals surface area contributed by atoms with Gasteiger partial charge in [0.1, 0.15) is 5.75 Å². The predicted molar refractivity (Wildman–Crippen MR) is 109 cm³/mol. The van der Waals surface area contributed by atoms with Crippen molar-refractivity contribution in [2.45, 2.75) is 25.3 Å². The molecular weight excluding hydrogens is 382 g/mol. The minimum atomic E-state index is 0. The van der Waals surface area contributed by atoms with E-state index in [1.54, 1.807) is 13.2 Å². The van der Waals surface area contributed by atoms with Gasteiger partial charge in [-0.25, -0.2) is 0 Å². The van der Waals surface area contributed by atoms with E-state index in [9.17, 15) is 9.59 Å². The Balaban J connectivity index is 0.00000280. The first-order valence-electron chi connectivity index (χ1n) is 9.70. The van der Waals surface area contributed by atoms with E-state index < -0.39 is 0 Å². The lowest BCUT2D eigenvalue weighted by Crippen LogP contribution is -2.57. The number of carbonyl (C=O) groups excluding carboxylic acids is 2. The summed E-state index contributed by atoms with van der Waals surface area (Å²) in [6.45, 7) is 4.47. The third-order valence-electron chi connectivity index (χ3n) is 5.09. The van der Waals surface area contributed by atoms with Crippen molar-refractivity contribution in [1.82, 2.24) is 15.1 Å². The molecule has 3 rings (SSSR count). The van der Waals surface area contributed by atoms with Crippen molar-refractivity contribution in [3.05, 3.63) is 29.8 Å². The number of ether oxygens (including phenoxy) is 2. The van der Waals surface area contributed by atoms with E-state index in [0.29, 0.717) is 37.6 Å². The summed E-state index contributed by atoms with van der Waals surface area (Å²) in [4.78, 5) is 28.9. The van der Waals surface area contributed by atoms with Gasteiger partial charge in [-0.05, 0) is 31.0 Å². The van der Waals surface area contributed by atoms with Crippen LogP contribution in [0, 0.1) is 0 Å². The molecule has 8 heteroatoms. The summed E-state index contributed by atoms with van der Waals surface area (Å²) in [5.41, 5.74) is 0.631. The minimum Gasteiger partial charge on any atom is -0.493 e. The molecule has 0 aliphatic carbocycles. The van der Waals surface area contributed by atoms with Gasteiger partial charge in [0.2, 0.25) is 5.91 Å². The summed E-state index contributed by atoms with van der Waals surface area (Å²) >= 11 is 0. The number of hydrogen-bond donors (Lipinski definition) is 1. The van der Waals surface area contributed by atoms with Gasteiger partial charge in [-0.15, -0.1) is 12.4 Å². The summed E-state index contributed by atoms with van der Waals surface area (Å²) in [5, 5.41) is 3.10. The first kappa shape index (κ1) is 22.5. The van der Waals surface area contributed by atoms with Gasteiger partial charge in [0.25, 0.3) is 5.91 Å². The normalized spacial score (nSPS) is 19.9. The molecule has 7 nitrogen and oxygen atoms in total. The van der Waals surface area contributed by atoms with E-state index in [-0.39, 0.29) is 30.3 Å². The van der Waals surface area contributed by atoms with Gasteiger partial charge in [0.05, 0.1) is 13.2 Å². The van der Waals surface area contributed by atoms with Crippen LogP contribution in [0.4, 0.5) is 0 Å². The number of piperazine rings is 1. The molecular formula is C20H30ClN3O4. The highest BCUT2D eigenvalue weighted by molar-refractivity contribution is 5.94. The second-order valence-corrected chi connectivity index (χ2v) is 7.03. The molecule has 0 radical (unpaired) electrons. The van der Waals surface area contributed by atoms with E-state index >= 15 is 0 Å². The summed E-state index contributed by atoms with van der Waals surface area (Å²) in [5.74, 6) is 0.833. The standard InChI is InChI=1S/C20H29N3O4.ClH/c1-26-11-4-12-27-18-7-2-5-16(13-18)20(25)22-9-3-6-17(15-22)23-10-8-21-14-19(23)24;/h2,5,7,13,17,21H,3-4,6,8-12,14-15H2,1H3;1H. The molecule has 156 valence electrons. The predicted octanol–water partition coefficient (Wildman–Crippen LogP) is 1.56. The Kier molecular flexibility index (Phi) is 9.02. The summed E-state index contributed by atoms with van der Waals surface area (Å²) < 4.78 is 10.7. The minimum absolute atomic E-state index is 0. The second kappa shape index (κ2) is 11.2. The lowest BCUT2D eigenvalue weighted by Gasteiger charge is -2.41. The molecule has 2 fully saturated rings. The molecule has 0 bridgehead atoms. The molecule has 0 aromatic heterocycles. The molecule has 28 heavy (non-hydrogen) atoms. The number of likely N-dealkylation sites (tertiary alicyclic amines) is 1. The van der Waals surface area contributed by atoms with Gasteiger partial charge in [-0.1, -0.05) is 6.07 Å². The van der Waals surface area contributed by atoms with Crippen molar-refractivity contribution in [1.29, 1.82) is 0 Å². The third-order valence-corrected chi connectivity index (χ3v) is 5.09. The SMILES string of the molecule is COCCCOc1cccc(C(=O)N2CCCC(N3CCNCC3=O)C2)c1.Cl. The smallest absolute Gasteiger partial charge is 0.254 e. The van der Waals surface area contributed by atoms with Crippen molar-refractivity contribution in [2.75, 3.05) is 53.0 Å². The van der Waals surface area contributed by atoms with Gasteiger partial charge in [0, 0.05) is 57.9 Å². The van der Waals surface area contributed by atoms with E-state index in [2.05, 4.69) is 5.32 Å². The number of benzene rings is 1. The number of piperidine rings is 1. The molecule has 1 atom stereocenters. The van der Waals surface area contributed by atoms with E-state index in [4.69, 9.17) is 9.47 Å². The fraction of sp³-hybridized carbons (Fsp3) is 0.600. The third kappa shape index (κ3) is 5.83. The maximum atomic E-state index is 13.0. The van der Waals surface area contributed by atoms with E-state index in [1.165, 1.54) is 0 Å². The van der Waals surface area contributed by atoms with Crippen LogP contribution in [-0.2, 0) is 9.53 Å². The van der Waals surface area contributed by atoms with Crippen molar-refractivity contribution in [3.63, 3.8) is 0 Å². The van der Waals surface area contributed by atoms with Crippen LogP contribution >= 0.6 is 12.4 Å². The highest BCUT2D eigenvalue weighted by Crippen LogP contribution is 2.21. The van der Waals surface area contributed by atoms with Crippen LogP contribution in [0.3, 0.4) is 0 Å². The van der Waals surface area contributed by atoms with Crippen molar-refractivity contribution in [3.8, 4) is 5.75 Å². The fourth-order valence-electron chi connectivity index (χ4n) is 3.70. The van der Waals surface area contributed by atoms with Gasteiger partial charge >= 0.3 is 0 Å². The van der Waals surface area contributed by atoms with Crippen LogP contribution in [0.1, 0.15) is 29.6 Å². The molecule has 2 saturated heterocycles. The molecule has 0 saturated carbocycles. The monoisotopic (exact) mass is 411 g/mol. The fourth-order valence-corrected chi connectivity index (χ4v) is 3.70. The Labute approximate surface area is 172 Å². The van der Waals surface area contributed by atoms with Crippen LogP contribution in [0.2, 0.25) is 0 Å². The molecule has 2 aliphatic heterocycles. The Hall–Kier alpha value is -1.83. The second-order valence-electron chi connectivity index (χ2n) is 7.03. The van der Waals surface area contributed by atoms with Crippen molar-refractivity contribution >= 4 is 24.2 Å². The topological polar surface area (TPSA) is 71.1 Å². The van der Waals surface area contributed by atoms with Gasteiger partial charge < -0.3 is 24.6 Å². The van der Waals surface area contributed by atoms with E-state index in [1.807, 2.05) is 28.0 Å². The Morgan fingerprint density at radius 1 is 1.29 bits per heavy atom. The number of amides is 2. The van der Waals surface area contributed by atoms with Gasteiger partial charge in [-0.2, -0.15) is 0 Å². The number of hydrogen-bond acceptors (Lipinski definition) is 5.